The van der Waals surface area contributed by atoms with Crippen molar-refractivity contribution >= 4 is 91.6 Å². The number of ether oxygens (including phenoxy) is 2. The SMILES string of the molecule is CCOc1ccccc1NC(=O)CCCN1C(=O)/C(=C2\SC(=S)N(CCCC(=O)Nc3ccccc3OCC)C2=O)SC1=S. The Morgan fingerprint density at radius 1 is 0.705 bits per heavy atom. The van der Waals surface area contributed by atoms with Crippen LogP contribution in [0.1, 0.15) is 39.5 Å². The first-order valence-electron chi connectivity index (χ1n) is 14.1. The van der Waals surface area contributed by atoms with Crippen molar-refractivity contribution in [3.05, 3.63) is 58.3 Å². The van der Waals surface area contributed by atoms with E-state index in [9.17, 15) is 19.2 Å². The molecule has 232 valence electrons. The number of anilines is 2. The Hall–Kier alpha value is -3.46. The normalized spacial score (nSPS) is 16.5. The first-order chi connectivity index (χ1) is 21.2. The molecule has 44 heavy (non-hydrogen) atoms. The molecule has 2 aliphatic rings. The number of amides is 4. The van der Waals surface area contributed by atoms with E-state index < -0.39 is 0 Å². The first-order valence-corrected chi connectivity index (χ1v) is 16.5. The van der Waals surface area contributed by atoms with Crippen LogP contribution in [0.2, 0.25) is 0 Å². The van der Waals surface area contributed by atoms with E-state index in [1.54, 1.807) is 24.3 Å². The predicted octanol–water partition coefficient (Wildman–Crippen LogP) is 5.55. The molecule has 2 N–H and O–H groups in total. The summed E-state index contributed by atoms with van der Waals surface area (Å²) in [5, 5.41) is 5.68. The van der Waals surface area contributed by atoms with Gasteiger partial charge in [-0.1, -0.05) is 72.2 Å². The summed E-state index contributed by atoms with van der Waals surface area (Å²) in [6.07, 6.45) is 1.08. The molecule has 10 nitrogen and oxygen atoms in total. The molecule has 0 saturated carbocycles. The van der Waals surface area contributed by atoms with Crippen molar-refractivity contribution in [1.82, 2.24) is 9.80 Å². The maximum atomic E-state index is 13.2. The maximum Gasteiger partial charge on any atom is 0.267 e. The summed E-state index contributed by atoms with van der Waals surface area (Å²) >= 11 is 13.0. The molecule has 0 atom stereocenters. The highest BCUT2D eigenvalue weighted by atomic mass is 32.2. The van der Waals surface area contributed by atoms with Gasteiger partial charge in [0, 0.05) is 25.9 Å². The van der Waals surface area contributed by atoms with Crippen LogP contribution in [0.5, 0.6) is 11.5 Å². The molecule has 0 aromatic heterocycles. The monoisotopic (exact) mass is 672 g/mol. The van der Waals surface area contributed by atoms with Gasteiger partial charge in [-0.15, -0.1) is 0 Å². The van der Waals surface area contributed by atoms with Gasteiger partial charge in [0.15, 0.2) is 0 Å². The van der Waals surface area contributed by atoms with Crippen molar-refractivity contribution in [2.45, 2.75) is 39.5 Å². The third-order valence-corrected chi connectivity index (χ3v) is 9.42. The van der Waals surface area contributed by atoms with Gasteiger partial charge >= 0.3 is 0 Å². The Kier molecular flexibility index (Phi) is 12.2. The summed E-state index contributed by atoms with van der Waals surface area (Å²) in [6, 6.07) is 14.4. The lowest BCUT2D eigenvalue weighted by Crippen LogP contribution is -2.31. The molecule has 2 heterocycles. The second-order valence-corrected chi connectivity index (χ2v) is 12.8. The number of nitrogens with one attached hydrogen (secondary N) is 2. The molecule has 0 bridgehead atoms. The van der Waals surface area contributed by atoms with E-state index >= 15 is 0 Å². The molecule has 0 unspecified atom stereocenters. The van der Waals surface area contributed by atoms with E-state index in [1.165, 1.54) is 9.80 Å². The second kappa shape index (κ2) is 16.0. The standard InChI is InChI=1S/C30H32N4O6S4/c1-3-39-21-13-7-5-11-19(21)31-23(35)15-9-17-33-27(37)25(43-29(33)41)26-28(38)34(30(42)44-26)18-10-16-24(36)32-20-12-6-8-14-22(20)40-4-2/h5-8,11-14H,3-4,9-10,15-18H2,1-2H3,(H,31,35)(H,32,36)/b26-25+. The highest BCUT2D eigenvalue weighted by Gasteiger charge is 2.41. The number of carbonyl (C=O) groups is 4. The highest BCUT2D eigenvalue weighted by Crippen LogP contribution is 2.42. The number of thioether (sulfide) groups is 2. The van der Waals surface area contributed by atoms with E-state index in [4.69, 9.17) is 33.9 Å². The zero-order chi connectivity index (χ0) is 31.6. The number of para-hydroxylation sites is 4. The fourth-order valence-corrected chi connectivity index (χ4v) is 7.15. The van der Waals surface area contributed by atoms with Crippen molar-refractivity contribution in [2.24, 2.45) is 0 Å². The highest BCUT2D eigenvalue weighted by molar-refractivity contribution is 8.29. The fourth-order valence-electron chi connectivity index (χ4n) is 4.38. The number of benzene rings is 2. The molecule has 4 amide bonds. The average molecular weight is 673 g/mol. The second-order valence-electron chi connectivity index (χ2n) is 9.47. The minimum absolute atomic E-state index is 0.166. The van der Waals surface area contributed by atoms with E-state index in [-0.39, 0.29) is 59.4 Å². The van der Waals surface area contributed by atoms with Crippen LogP contribution in [-0.4, -0.2) is 68.4 Å². The Morgan fingerprint density at radius 3 is 1.48 bits per heavy atom. The molecule has 4 rings (SSSR count). The molecule has 0 aliphatic carbocycles. The Labute approximate surface area is 275 Å². The minimum atomic E-state index is -0.380. The lowest BCUT2D eigenvalue weighted by Gasteiger charge is -2.15. The summed E-state index contributed by atoms with van der Waals surface area (Å²) in [5.74, 6) is -0.00973. The van der Waals surface area contributed by atoms with Gasteiger partial charge in [0.2, 0.25) is 11.8 Å². The van der Waals surface area contributed by atoms with Gasteiger partial charge in [-0.25, -0.2) is 0 Å². The molecule has 2 aliphatic heterocycles. The quantitative estimate of drug-likeness (QED) is 0.195. The Morgan fingerprint density at radius 2 is 1.09 bits per heavy atom. The van der Waals surface area contributed by atoms with Crippen LogP contribution in [0.4, 0.5) is 11.4 Å². The third-order valence-electron chi connectivity index (χ3n) is 6.40. The number of thiocarbonyl (C=S) groups is 2. The molecule has 2 fully saturated rings. The maximum absolute atomic E-state index is 13.2. The van der Waals surface area contributed by atoms with E-state index in [1.807, 2.05) is 38.1 Å². The summed E-state index contributed by atoms with van der Waals surface area (Å²) in [5.41, 5.74) is 1.17. The van der Waals surface area contributed by atoms with Gasteiger partial charge < -0.3 is 20.1 Å². The van der Waals surface area contributed by atoms with Crippen LogP contribution in [0.15, 0.2) is 58.3 Å². The van der Waals surface area contributed by atoms with Gasteiger partial charge in [-0.3, -0.25) is 29.0 Å². The van der Waals surface area contributed by atoms with Crippen LogP contribution in [0.25, 0.3) is 0 Å². The zero-order valence-electron chi connectivity index (χ0n) is 24.3. The number of nitrogens with zero attached hydrogens (tertiary/aromatic N) is 2. The van der Waals surface area contributed by atoms with Gasteiger partial charge in [0.1, 0.15) is 20.1 Å². The summed E-state index contributed by atoms with van der Waals surface area (Å²) in [7, 11) is 0. The molecular formula is C30H32N4O6S4. The topological polar surface area (TPSA) is 117 Å². The smallest absolute Gasteiger partial charge is 0.267 e. The van der Waals surface area contributed by atoms with Gasteiger partial charge in [0.25, 0.3) is 11.8 Å². The Balaban J connectivity index is 1.28. The van der Waals surface area contributed by atoms with Crippen molar-refractivity contribution < 1.29 is 28.7 Å². The summed E-state index contributed by atoms with van der Waals surface area (Å²) < 4.78 is 11.7. The lowest BCUT2D eigenvalue weighted by molar-refractivity contribution is -0.124. The number of hydrogen-bond acceptors (Lipinski definition) is 10. The summed E-state index contributed by atoms with van der Waals surface area (Å²) in [6.45, 7) is 5.15. The number of hydrogen-bond donors (Lipinski definition) is 2. The van der Waals surface area contributed by atoms with Crippen molar-refractivity contribution in [2.75, 3.05) is 36.9 Å². The van der Waals surface area contributed by atoms with Gasteiger partial charge in [-0.2, -0.15) is 0 Å². The lowest BCUT2D eigenvalue weighted by atomic mass is 10.2. The fraction of sp³-hybridized carbons (Fsp3) is 0.333. The van der Waals surface area contributed by atoms with Gasteiger partial charge in [-0.05, 0) is 51.0 Å². The average Bonchev–Trinajstić information content (AvgIpc) is 3.44. The van der Waals surface area contributed by atoms with Crippen LogP contribution in [0.3, 0.4) is 0 Å². The van der Waals surface area contributed by atoms with Crippen LogP contribution in [0, 0.1) is 0 Å². The van der Waals surface area contributed by atoms with Crippen LogP contribution < -0.4 is 20.1 Å². The molecule has 2 aromatic rings. The Bertz CT molecular complexity index is 1390. The molecular weight excluding hydrogens is 641 g/mol. The molecule has 2 aromatic carbocycles. The zero-order valence-corrected chi connectivity index (χ0v) is 27.5. The molecule has 2 saturated heterocycles. The van der Waals surface area contributed by atoms with E-state index in [0.717, 1.165) is 23.5 Å². The van der Waals surface area contributed by atoms with Gasteiger partial charge in [0.05, 0.1) is 34.4 Å². The van der Waals surface area contributed by atoms with Crippen molar-refractivity contribution in [3.8, 4) is 11.5 Å². The molecule has 0 radical (unpaired) electrons. The van der Waals surface area contributed by atoms with Crippen molar-refractivity contribution in [1.29, 1.82) is 0 Å². The van der Waals surface area contributed by atoms with E-state index in [2.05, 4.69) is 10.6 Å². The minimum Gasteiger partial charge on any atom is -0.492 e. The van der Waals surface area contributed by atoms with Crippen molar-refractivity contribution in [3.63, 3.8) is 0 Å². The van der Waals surface area contributed by atoms with Crippen LogP contribution in [-0.2, 0) is 19.2 Å². The molecule has 0 spiro atoms. The largest absolute Gasteiger partial charge is 0.492 e. The number of rotatable bonds is 14. The predicted molar refractivity (Wildman–Crippen MR) is 182 cm³/mol. The van der Waals surface area contributed by atoms with Crippen LogP contribution >= 0.6 is 48.0 Å². The summed E-state index contributed by atoms with van der Waals surface area (Å²) in [4.78, 5) is 54.9. The third kappa shape index (κ3) is 8.37. The first kappa shape index (κ1) is 33.4. The van der Waals surface area contributed by atoms with E-state index in [0.29, 0.717) is 57.6 Å². The number of carbonyl (C=O) groups excluding carboxylic acids is 4. The molecule has 14 heteroatoms.